The van der Waals surface area contributed by atoms with Crippen molar-refractivity contribution in [2.24, 2.45) is 5.73 Å². The van der Waals surface area contributed by atoms with Gasteiger partial charge in [0.05, 0.1) is 0 Å². The molecule has 16 heavy (non-hydrogen) atoms. The first kappa shape index (κ1) is 13.5. The molecule has 0 saturated heterocycles. The van der Waals surface area contributed by atoms with E-state index in [1.165, 1.54) is 18.4 Å². The van der Waals surface area contributed by atoms with Crippen molar-refractivity contribution < 1.29 is 0 Å². The van der Waals surface area contributed by atoms with Crippen molar-refractivity contribution in [2.45, 2.75) is 26.2 Å². The first-order chi connectivity index (χ1) is 7.65. The molecule has 0 atom stereocenters. The van der Waals surface area contributed by atoms with E-state index in [0.717, 1.165) is 29.8 Å². The second-order valence-electron chi connectivity index (χ2n) is 4.06. The SMILES string of the molecule is Cc1cc(N(C)CCCCCN)ncc1Br. The average molecular weight is 286 g/mol. The highest BCUT2D eigenvalue weighted by atomic mass is 79.9. The molecule has 1 rings (SSSR count). The quantitative estimate of drug-likeness (QED) is 0.818. The molecule has 0 aliphatic rings. The average Bonchev–Trinajstić information content (AvgIpc) is 2.28. The molecule has 3 nitrogen and oxygen atoms in total. The van der Waals surface area contributed by atoms with Crippen LogP contribution < -0.4 is 10.6 Å². The molecular weight excluding hydrogens is 266 g/mol. The van der Waals surface area contributed by atoms with Gasteiger partial charge in [0.1, 0.15) is 5.82 Å². The van der Waals surface area contributed by atoms with Crippen LogP contribution in [0.3, 0.4) is 0 Å². The third-order valence-electron chi connectivity index (χ3n) is 2.62. The Labute approximate surface area is 106 Å². The molecule has 1 heterocycles. The molecule has 0 bridgehead atoms. The van der Waals surface area contributed by atoms with Gasteiger partial charge in [-0.2, -0.15) is 0 Å². The molecule has 0 aliphatic carbocycles. The van der Waals surface area contributed by atoms with Gasteiger partial charge in [0.15, 0.2) is 0 Å². The Bertz CT molecular complexity index is 328. The van der Waals surface area contributed by atoms with Crippen molar-refractivity contribution in [3.8, 4) is 0 Å². The van der Waals surface area contributed by atoms with E-state index in [2.05, 4.69) is 45.9 Å². The first-order valence-corrected chi connectivity index (χ1v) is 6.48. The lowest BCUT2D eigenvalue weighted by molar-refractivity contribution is 0.676. The fraction of sp³-hybridized carbons (Fsp3) is 0.583. The minimum absolute atomic E-state index is 0.791. The molecule has 0 aromatic carbocycles. The molecule has 1 aromatic rings. The third kappa shape index (κ3) is 4.10. The number of hydrogen-bond donors (Lipinski definition) is 1. The highest BCUT2D eigenvalue weighted by molar-refractivity contribution is 9.10. The van der Waals surface area contributed by atoms with Crippen LogP contribution in [0, 0.1) is 6.92 Å². The lowest BCUT2D eigenvalue weighted by Gasteiger charge is -2.18. The zero-order chi connectivity index (χ0) is 12.0. The molecule has 4 heteroatoms. The molecule has 1 aromatic heterocycles. The Morgan fingerprint density at radius 1 is 1.38 bits per heavy atom. The van der Waals surface area contributed by atoms with Gasteiger partial charge in [0.2, 0.25) is 0 Å². The minimum Gasteiger partial charge on any atom is -0.360 e. The van der Waals surface area contributed by atoms with Crippen molar-refractivity contribution >= 4 is 21.7 Å². The molecule has 0 fully saturated rings. The van der Waals surface area contributed by atoms with E-state index in [1.54, 1.807) is 0 Å². The number of aryl methyl sites for hydroxylation is 1. The van der Waals surface area contributed by atoms with Crippen LogP contribution in [0.4, 0.5) is 5.82 Å². The topological polar surface area (TPSA) is 42.1 Å². The summed E-state index contributed by atoms with van der Waals surface area (Å²) < 4.78 is 1.06. The molecule has 90 valence electrons. The molecule has 0 spiro atoms. The summed E-state index contributed by atoms with van der Waals surface area (Å²) in [7, 11) is 2.08. The van der Waals surface area contributed by atoms with Crippen molar-refractivity contribution in [3.05, 3.63) is 22.3 Å². The number of aromatic nitrogens is 1. The van der Waals surface area contributed by atoms with Crippen molar-refractivity contribution in [1.29, 1.82) is 0 Å². The lowest BCUT2D eigenvalue weighted by atomic mass is 10.2. The van der Waals surface area contributed by atoms with E-state index < -0.39 is 0 Å². The molecule has 0 amide bonds. The summed E-state index contributed by atoms with van der Waals surface area (Å²) in [5.41, 5.74) is 6.68. The molecular formula is C12H20BrN3. The number of anilines is 1. The van der Waals surface area contributed by atoms with E-state index >= 15 is 0 Å². The molecule has 0 saturated carbocycles. The maximum atomic E-state index is 5.46. The first-order valence-electron chi connectivity index (χ1n) is 5.68. The summed E-state index contributed by atoms with van der Waals surface area (Å²) in [6.45, 7) is 3.91. The predicted octanol–water partition coefficient (Wildman–Crippen LogP) is 2.72. The van der Waals surface area contributed by atoms with Gasteiger partial charge in [-0.15, -0.1) is 0 Å². The second kappa shape index (κ2) is 6.86. The summed E-state index contributed by atoms with van der Waals surface area (Å²) in [6.07, 6.45) is 5.34. The number of unbranched alkanes of at least 4 members (excludes halogenated alkanes) is 2. The Balaban J connectivity index is 2.46. The molecule has 0 aliphatic heterocycles. The number of nitrogens with zero attached hydrogens (tertiary/aromatic N) is 2. The van der Waals surface area contributed by atoms with E-state index in [4.69, 9.17) is 5.73 Å². The van der Waals surface area contributed by atoms with Gasteiger partial charge >= 0.3 is 0 Å². The largest absolute Gasteiger partial charge is 0.360 e. The van der Waals surface area contributed by atoms with Gasteiger partial charge in [-0.3, -0.25) is 0 Å². The standard InChI is InChI=1S/C12H20BrN3/c1-10-8-12(15-9-11(10)13)16(2)7-5-3-4-6-14/h8-9H,3-7,14H2,1-2H3. The van der Waals surface area contributed by atoms with E-state index in [0.29, 0.717) is 0 Å². The summed E-state index contributed by atoms with van der Waals surface area (Å²) in [4.78, 5) is 6.58. The predicted molar refractivity (Wildman–Crippen MR) is 72.8 cm³/mol. The van der Waals surface area contributed by atoms with Crippen LogP contribution in [-0.2, 0) is 0 Å². The van der Waals surface area contributed by atoms with Crippen molar-refractivity contribution in [3.63, 3.8) is 0 Å². The normalized spacial score (nSPS) is 10.5. The van der Waals surface area contributed by atoms with E-state index in [1.807, 2.05) is 6.20 Å². The van der Waals surface area contributed by atoms with Crippen LogP contribution in [0.5, 0.6) is 0 Å². The summed E-state index contributed by atoms with van der Waals surface area (Å²) in [5, 5.41) is 0. The molecule has 0 radical (unpaired) electrons. The second-order valence-corrected chi connectivity index (χ2v) is 4.92. The van der Waals surface area contributed by atoms with Crippen LogP contribution >= 0.6 is 15.9 Å². The fourth-order valence-electron chi connectivity index (χ4n) is 1.52. The number of halogens is 1. The lowest BCUT2D eigenvalue weighted by Crippen LogP contribution is -2.20. The van der Waals surface area contributed by atoms with Crippen LogP contribution in [0.2, 0.25) is 0 Å². The summed E-state index contributed by atoms with van der Waals surface area (Å²) in [6, 6.07) is 2.10. The Kier molecular flexibility index (Phi) is 5.77. The Hall–Kier alpha value is -0.610. The van der Waals surface area contributed by atoms with Gasteiger partial charge in [0, 0.05) is 24.3 Å². The Morgan fingerprint density at radius 2 is 2.12 bits per heavy atom. The minimum atomic E-state index is 0.791. The van der Waals surface area contributed by atoms with Gasteiger partial charge in [-0.05, 0) is 53.9 Å². The number of hydrogen-bond acceptors (Lipinski definition) is 3. The van der Waals surface area contributed by atoms with Crippen molar-refractivity contribution in [2.75, 3.05) is 25.0 Å². The van der Waals surface area contributed by atoms with Gasteiger partial charge in [-0.1, -0.05) is 6.42 Å². The summed E-state index contributed by atoms with van der Waals surface area (Å²) >= 11 is 3.46. The van der Waals surface area contributed by atoms with Gasteiger partial charge in [0.25, 0.3) is 0 Å². The van der Waals surface area contributed by atoms with Gasteiger partial charge < -0.3 is 10.6 Å². The number of pyridine rings is 1. The maximum absolute atomic E-state index is 5.46. The van der Waals surface area contributed by atoms with Crippen LogP contribution in [0.15, 0.2) is 16.7 Å². The highest BCUT2D eigenvalue weighted by Crippen LogP contribution is 2.19. The van der Waals surface area contributed by atoms with Crippen LogP contribution in [0.1, 0.15) is 24.8 Å². The Morgan fingerprint density at radius 3 is 2.75 bits per heavy atom. The van der Waals surface area contributed by atoms with Crippen LogP contribution in [-0.4, -0.2) is 25.1 Å². The zero-order valence-electron chi connectivity index (χ0n) is 10.0. The maximum Gasteiger partial charge on any atom is 0.128 e. The number of nitrogens with two attached hydrogens (primary N) is 1. The summed E-state index contributed by atoms with van der Waals surface area (Å²) in [5.74, 6) is 1.04. The smallest absolute Gasteiger partial charge is 0.128 e. The monoisotopic (exact) mass is 285 g/mol. The fourth-order valence-corrected chi connectivity index (χ4v) is 1.73. The van der Waals surface area contributed by atoms with Gasteiger partial charge in [-0.25, -0.2) is 4.98 Å². The van der Waals surface area contributed by atoms with Crippen LogP contribution in [0.25, 0.3) is 0 Å². The van der Waals surface area contributed by atoms with Crippen molar-refractivity contribution in [1.82, 2.24) is 4.98 Å². The number of rotatable bonds is 6. The highest BCUT2D eigenvalue weighted by Gasteiger charge is 2.03. The molecule has 0 unspecified atom stereocenters. The zero-order valence-corrected chi connectivity index (χ0v) is 11.6. The molecule has 2 N–H and O–H groups in total. The van der Waals surface area contributed by atoms with E-state index in [9.17, 15) is 0 Å². The third-order valence-corrected chi connectivity index (χ3v) is 3.45. The van der Waals surface area contributed by atoms with E-state index in [-0.39, 0.29) is 0 Å².